The largest absolute Gasteiger partial charge is 0.381 e. The highest BCUT2D eigenvalue weighted by Gasteiger charge is 2.17. The van der Waals surface area contributed by atoms with Gasteiger partial charge in [-0.15, -0.1) is 0 Å². The zero-order chi connectivity index (χ0) is 6.15. The van der Waals surface area contributed by atoms with E-state index in [2.05, 4.69) is 5.32 Å². The molecule has 1 rings (SSSR count). The van der Waals surface area contributed by atoms with E-state index in [-0.39, 0.29) is 11.8 Å². The van der Waals surface area contributed by atoms with Gasteiger partial charge in [0.25, 0.3) is 0 Å². The number of rotatable bonds is 0. The van der Waals surface area contributed by atoms with Crippen molar-refractivity contribution in [3.8, 4) is 0 Å². The lowest BCUT2D eigenvalue weighted by Gasteiger charge is -1.97. The van der Waals surface area contributed by atoms with E-state index >= 15 is 0 Å². The summed E-state index contributed by atoms with van der Waals surface area (Å²) < 4.78 is 0. The first-order valence-electron chi connectivity index (χ1n) is 2.69. The van der Waals surface area contributed by atoms with Gasteiger partial charge in [-0.1, -0.05) is 0 Å². The molecule has 8 heavy (non-hydrogen) atoms. The molecule has 1 aliphatic heterocycles. The van der Waals surface area contributed by atoms with E-state index < -0.39 is 0 Å². The number of Topliss-reactive ketones (excluding diaryl/α,β-unsaturated/α-hetero) is 1. The fourth-order valence-corrected chi connectivity index (χ4v) is 0.738. The second kappa shape index (κ2) is 1.62. The van der Waals surface area contributed by atoms with Crippen LogP contribution in [0, 0.1) is 0 Å². The van der Waals surface area contributed by atoms with Crippen LogP contribution in [0.3, 0.4) is 0 Å². The molecule has 0 spiro atoms. The molecule has 44 valence electrons. The number of nitrogens with one attached hydrogen (secondary N) is 1. The molecule has 0 fully saturated rings. The summed E-state index contributed by atoms with van der Waals surface area (Å²) in [5, 5.41) is 2.91. The van der Waals surface area contributed by atoms with E-state index in [1.165, 1.54) is 0 Å². The van der Waals surface area contributed by atoms with Crippen molar-refractivity contribution in [1.82, 2.24) is 5.32 Å². The molecule has 1 heterocycles. The third-order valence-corrected chi connectivity index (χ3v) is 1.33. The molecule has 1 atom stereocenters. The Kier molecular flexibility index (Phi) is 1.08. The molecule has 0 radical (unpaired) electrons. The molecule has 0 amide bonds. The van der Waals surface area contributed by atoms with Crippen LogP contribution < -0.4 is 5.32 Å². The number of carbonyl (C=O) groups is 1. The Morgan fingerprint density at radius 1 is 1.75 bits per heavy atom. The molecule has 0 bridgehead atoms. The molecular weight excluding hydrogens is 102 g/mol. The second-order valence-electron chi connectivity index (χ2n) is 2.08. The van der Waals surface area contributed by atoms with E-state index in [4.69, 9.17) is 0 Å². The van der Waals surface area contributed by atoms with Crippen LogP contribution in [-0.4, -0.2) is 11.8 Å². The maximum Gasteiger partial charge on any atom is 0.181 e. The zero-order valence-corrected chi connectivity index (χ0v) is 5.06. The minimum absolute atomic E-state index is 0.00926. The number of ketones is 1. The van der Waals surface area contributed by atoms with Crippen LogP contribution >= 0.6 is 0 Å². The van der Waals surface area contributed by atoms with Crippen molar-refractivity contribution >= 4 is 5.78 Å². The Hall–Kier alpha value is -0.790. The summed E-state index contributed by atoms with van der Waals surface area (Å²) in [5.74, 6) is 0.213. The van der Waals surface area contributed by atoms with Gasteiger partial charge in [0.05, 0.1) is 6.04 Å². The first-order chi connectivity index (χ1) is 3.72. The molecule has 0 aliphatic carbocycles. The summed E-state index contributed by atoms with van der Waals surface area (Å²) >= 11 is 0. The SMILES string of the molecule is CC1=CNC(C)C1=O. The molecule has 1 N–H and O–H groups in total. The first-order valence-corrected chi connectivity index (χ1v) is 2.69. The summed E-state index contributed by atoms with van der Waals surface area (Å²) in [7, 11) is 0. The Morgan fingerprint density at radius 2 is 2.38 bits per heavy atom. The van der Waals surface area contributed by atoms with Gasteiger partial charge < -0.3 is 5.32 Å². The van der Waals surface area contributed by atoms with Crippen molar-refractivity contribution < 1.29 is 4.79 Å². The minimum atomic E-state index is 0.00926. The lowest BCUT2D eigenvalue weighted by Crippen LogP contribution is -2.22. The monoisotopic (exact) mass is 111 g/mol. The Bertz CT molecular complexity index is 149. The second-order valence-corrected chi connectivity index (χ2v) is 2.08. The fourth-order valence-electron chi connectivity index (χ4n) is 0.738. The normalized spacial score (nSPS) is 27.5. The summed E-state index contributed by atoms with van der Waals surface area (Å²) in [4.78, 5) is 10.8. The quantitative estimate of drug-likeness (QED) is 0.491. The van der Waals surface area contributed by atoms with Gasteiger partial charge in [-0.2, -0.15) is 0 Å². The smallest absolute Gasteiger partial charge is 0.181 e. The first kappa shape index (κ1) is 5.35. The van der Waals surface area contributed by atoms with Gasteiger partial charge in [0.15, 0.2) is 5.78 Å². The van der Waals surface area contributed by atoms with Gasteiger partial charge in [-0.05, 0) is 13.8 Å². The average molecular weight is 111 g/mol. The molecule has 0 saturated carbocycles. The molecule has 1 unspecified atom stereocenters. The molecule has 0 aromatic rings. The Balaban J connectivity index is 2.73. The van der Waals surface area contributed by atoms with Crippen molar-refractivity contribution in [2.45, 2.75) is 19.9 Å². The topological polar surface area (TPSA) is 29.1 Å². The predicted molar refractivity (Wildman–Crippen MR) is 31.4 cm³/mol. The van der Waals surface area contributed by atoms with Crippen LogP contribution in [0.2, 0.25) is 0 Å². The highest BCUT2D eigenvalue weighted by atomic mass is 16.1. The standard InChI is InChI=1S/C6H9NO/c1-4-3-7-5(2)6(4)8/h3,5,7H,1-2H3. The molecule has 2 heteroatoms. The van der Waals surface area contributed by atoms with Gasteiger partial charge in [-0.25, -0.2) is 0 Å². The number of hydrogen-bond acceptors (Lipinski definition) is 2. The van der Waals surface area contributed by atoms with Crippen molar-refractivity contribution in [2.24, 2.45) is 0 Å². The van der Waals surface area contributed by atoms with Gasteiger partial charge in [0.2, 0.25) is 0 Å². The molecule has 1 aliphatic rings. The van der Waals surface area contributed by atoms with Crippen LogP contribution in [0.15, 0.2) is 11.8 Å². The lowest BCUT2D eigenvalue weighted by atomic mass is 10.2. The highest BCUT2D eigenvalue weighted by molar-refractivity contribution is 6.00. The van der Waals surface area contributed by atoms with Crippen molar-refractivity contribution in [1.29, 1.82) is 0 Å². The number of hydrogen-bond donors (Lipinski definition) is 1. The van der Waals surface area contributed by atoms with Crippen molar-refractivity contribution in [3.63, 3.8) is 0 Å². The van der Waals surface area contributed by atoms with Crippen molar-refractivity contribution in [2.75, 3.05) is 0 Å². The molecule has 2 nitrogen and oxygen atoms in total. The summed E-state index contributed by atoms with van der Waals surface area (Å²) in [5.41, 5.74) is 0.831. The van der Waals surface area contributed by atoms with Crippen LogP contribution in [-0.2, 0) is 4.79 Å². The zero-order valence-electron chi connectivity index (χ0n) is 5.06. The minimum Gasteiger partial charge on any atom is -0.381 e. The summed E-state index contributed by atoms with van der Waals surface area (Å²) in [6.07, 6.45) is 1.76. The van der Waals surface area contributed by atoms with Gasteiger partial charge >= 0.3 is 0 Å². The van der Waals surface area contributed by atoms with E-state index in [0.717, 1.165) is 5.57 Å². The van der Waals surface area contributed by atoms with Crippen molar-refractivity contribution in [3.05, 3.63) is 11.8 Å². The maximum absolute atomic E-state index is 10.8. The van der Waals surface area contributed by atoms with Crippen LogP contribution in [0.4, 0.5) is 0 Å². The lowest BCUT2D eigenvalue weighted by molar-refractivity contribution is -0.116. The summed E-state index contributed by atoms with van der Waals surface area (Å²) in [6, 6.07) is 0.00926. The maximum atomic E-state index is 10.8. The Labute approximate surface area is 48.6 Å². The van der Waals surface area contributed by atoms with Gasteiger partial charge in [0.1, 0.15) is 0 Å². The molecular formula is C6H9NO. The number of carbonyl (C=O) groups excluding carboxylic acids is 1. The van der Waals surface area contributed by atoms with Crippen LogP contribution in [0.5, 0.6) is 0 Å². The molecule has 0 aromatic heterocycles. The molecule has 0 aromatic carbocycles. The average Bonchev–Trinajstić information content (AvgIpc) is 1.98. The van der Waals surface area contributed by atoms with E-state index in [1.807, 2.05) is 13.8 Å². The summed E-state index contributed by atoms with van der Waals surface area (Å²) in [6.45, 7) is 3.67. The van der Waals surface area contributed by atoms with E-state index in [9.17, 15) is 4.79 Å². The van der Waals surface area contributed by atoms with Gasteiger partial charge in [0, 0.05) is 11.8 Å². The highest BCUT2D eigenvalue weighted by Crippen LogP contribution is 2.04. The van der Waals surface area contributed by atoms with E-state index in [0.29, 0.717) is 0 Å². The molecule has 0 saturated heterocycles. The third-order valence-electron chi connectivity index (χ3n) is 1.33. The predicted octanol–water partition coefficient (Wildman–Crippen LogP) is 0.451. The Morgan fingerprint density at radius 3 is 2.50 bits per heavy atom. The van der Waals surface area contributed by atoms with Crippen LogP contribution in [0.25, 0.3) is 0 Å². The fraction of sp³-hybridized carbons (Fsp3) is 0.500. The van der Waals surface area contributed by atoms with E-state index in [1.54, 1.807) is 6.20 Å². The van der Waals surface area contributed by atoms with Gasteiger partial charge in [-0.3, -0.25) is 4.79 Å². The van der Waals surface area contributed by atoms with Crippen LogP contribution in [0.1, 0.15) is 13.8 Å². The third kappa shape index (κ3) is 0.619.